The van der Waals surface area contributed by atoms with Gasteiger partial charge < -0.3 is 10.6 Å². The Morgan fingerprint density at radius 2 is 1.81 bits per heavy atom. The van der Waals surface area contributed by atoms with Crippen molar-refractivity contribution >= 4 is 40.1 Å². The van der Waals surface area contributed by atoms with E-state index in [4.69, 9.17) is 0 Å². The molecule has 0 fully saturated rings. The van der Waals surface area contributed by atoms with Crippen LogP contribution in [0.25, 0.3) is 10.9 Å². The van der Waals surface area contributed by atoms with E-state index in [9.17, 15) is 4.79 Å². The van der Waals surface area contributed by atoms with Gasteiger partial charge in [-0.15, -0.1) is 0 Å². The minimum Gasteiger partial charge on any atom is -0.355 e. The fraction of sp³-hybridized carbons (Fsp3) is 0.250. The van der Waals surface area contributed by atoms with Crippen LogP contribution in [0.3, 0.4) is 0 Å². The van der Waals surface area contributed by atoms with Crippen LogP contribution >= 0.6 is 11.8 Å². The third-order valence-corrected chi connectivity index (χ3v) is 4.78. The van der Waals surface area contributed by atoms with E-state index in [0.717, 1.165) is 28.8 Å². The summed E-state index contributed by atoms with van der Waals surface area (Å²) < 4.78 is 0. The number of benzene rings is 2. The van der Waals surface area contributed by atoms with Crippen molar-refractivity contribution in [1.29, 1.82) is 0 Å². The molecule has 1 heterocycles. The minimum atomic E-state index is -0.257. The van der Waals surface area contributed by atoms with Crippen LogP contribution in [0, 0.1) is 0 Å². The van der Waals surface area contributed by atoms with Gasteiger partial charge in [0.05, 0.1) is 10.8 Å². The zero-order chi connectivity index (χ0) is 18.4. The molecule has 6 heteroatoms. The smallest absolute Gasteiger partial charge is 0.233 e. The van der Waals surface area contributed by atoms with Crippen molar-refractivity contribution in [2.75, 3.05) is 11.9 Å². The lowest BCUT2D eigenvalue weighted by molar-refractivity contribution is -0.120. The second kappa shape index (κ2) is 8.67. The summed E-state index contributed by atoms with van der Waals surface area (Å²) in [5.41, 5.74) is 1.81. The maximum Gasteiger partial charge on any atom is 0.233 e. The normalized spacial score (nSPS) is 11.9. The molecule has 1 atom stereocenters. The Kier molecular flexibility index (Phi) is 6.07. The van der Waals surface area contributed by atoms with Gasteiger partial charge in [0.25, 0.3) is 0 Å². The molecule has 0 aliphatic carbocycles. The zero-order valence-electron chi connectivity index (χ0n) is 14.9. The molecule has 1 amide bonds. The van der Waals surface area contributed by atoms with Gasteiger partial charge in [0.1, 0.15) is 5.82 Å². The van der Waals surface area contributed by atoms with Crippen molar-refractivity contribution in [2.45, 2.75) is 30.7 Å². The summed E-state index contributed by atoms with van der Waals surface area (Å²) in [5, 5.41) is 7.55. The molecule has 2 N–H and O–H groups in total. The third kappa shape index (κ3) is 4.52. The third-order valence-electron chi connectivity index (χ3n) is 3.82. The predicted octanol–water partition coefficient (Wildman–Crippen LogP) is 4.38. The molecule has 0 aliphatic rings. The summed E-state index contributed by atoms with van der Waals surface area (Å²) in [4.78, 5) is 21.4. The van der Waals surface area contributed by atoms with Crippen molar-refractivity contribution < 1.29 is 4.79 Å². The van der Waals surface area contributed by atoms with Crippen molar-refractivity contribution in [2.24, 2.45) is 0 Å². The topological polar surface area (TPSA) is 66.9 Å². The minimum absolute atomic E-state index is 0.00572. The first-order valence-corrected chi connectivity index (χ1v) is 9.58. The maximum absolute atomic E-state index is 12.1. The van der Waals surface area contributed by atoms with Crippen molar-refractivity contribution in [1.82, 2.24) is 15.3 Å². The van der Waals surface area contributed by atoms with E-state index < -0.39 is 0 Å². The highest BCUT2D eigenvalue weighted by Crippen LogP contribution is 2.28. The molecule has 5 nitrogen and oxygen atoms in total. The zero-order valence-corrected chi connectivity index (χ0v) is 15.7. The number of thioether (sulfide) groups is 1. The van der Waals surface area contributed by atoms with Gasteiger partial charge in [0.2, 0.25) is 5.91 Å². The van der Waals surface area contributed by atoms with Crippen LogP contribution < -0.4 is 10.6 Å². The highest BCUT2D eigenvalue weighted by atomic mass is 32.2. The lowest BCUT2D eigenvalue weighted by atomic mass is 10.2. The quantitative estimate of drug-likeness (QED) is 0.480. The van der Waals surface area contributed by atoms with E-state index in [1.54, 1.807) is 0 Å². The molecule has 0 aliphatic heterocycles. The van der Waals surface area contributed by atoms with Gasteiger partial charge in [-0.1, -0.05) is 49.0 Å². The van der Waals surface area contributed by atoms with Crippen LogP contribution in [0.5, 0.6) is 0 Å². The van der Waals surface area contributed by atoms with Gasteiger partial charge in [-0.05, 0) is 37.6 Å². The fourth-order valence-corrected chi connectivity index (χ4v) is 3.27. The molecule has 0 bridgehead atoms. The maximum atomic E-state index is 12.1. The summed E-state index contributed by atoms with van der Waals surface area (Å²) in [6.07, 6.45) is 0.917. The predicted molar refractivity (Wildman–Crippen MR) is 108 cm³/mol. The van der Waals surface area contributed by atoms with Gasteiger partial charge in [0.15, 0.2) is 5.16 Å². The first-order chi connectivity index (χ1) is 12.7. The average Bonchev–Trinajstić information content (AvgIpc) is 2.67. The summed E-state index contributed by atoms with van der Waals surface area (Å²) >= 11 is 1.37. The van der Waals surface area contributed by atoms with Crippen molar-refractivity contribution in [3.63, 3.8) is 0 Å². The number of carbonyl (C=O) groups is 1. The average molecular weight is 366 g/mol. The molecular weight excluding hydrogens is 344 g/mol. The van der Waals surface area contributed by atoms with E-state index >= 15 is 0 Å². The molecule has 26 heavy (non-hydrogen) atoms. The van der Waals surface area contributed by atoms with Gasteiger partial charge in [0, 0.05) is 17.6 Å². The van der Waals surface area contributed by atoms with E-state index in [0.29, 0.717) is 11.7 Å². The Morgan fingerprint density at radius 1 is 1.08 bits per heavy atom. The number of fused-ring (bicyclic) bond motifs is 1. The number of hydrogen-bond donors (Lipinski definition) is 2. The molecule has 3 aromatic rings. The second-order valence-electron chi connectivity index (χ2n) is 5.91. The summed E-state index contributed by atoms with van der Waals surface area (Å²) in [6, 6.07) is 17.8. The number of nitrogens with one attached hydrogen (secondary N) is 2. The van der Waals surface area contributed by atoms with Crippen molar-refractivity contribution in [3.8, 4) is 0 Å². The number of carbonyl (C=O) groups excluding carboxylic acids is 1. The first kappa shape index (κ1) is 18.2. The molecule has 3 rings (SSSR count). The van der Waals surface area contributed by atoms with Gasteiger partial charge >= 0.3 is 0 Å². The summed E-state index contributed by atoms with van der Waals surface area (Å²) in [5.74, 6) is 0.747. The second-order valence-corrected chi connectivity index (χ2v) is 7.22. The standard InChI is InChI=1S/C20H22N4OS/c1-3-13-21-19(25)14(2)26-20-23-17-12-8-7-11-16(17)18(24-20)22-15-9-5-4-6-10-15/h4-12,14H,3,13H2,1-2H3,(H,21,25)(H,22,23,24)/t14-/m0/s1. The summed E-state index contributed by atoms with van der Waals surface area (Å²) in [6.45, 7) is 4.59. The Bertz CT molecular complexity index is 885. The number of hydrogen-bond acceptors (Lipinski definition) is 5. The Balaban J connectivity index is 1.88. The molecule has 0 radical (unpaired) electrons. The molecular formula is C20H22N4OS. The van der Waals surface area contributed by atoms with Gasteiger partial charge in [-0.25, -0.2) is 9.97 Å². The van der Waals surface area contributed by atoms with Crippen molar-refractivity contribution in [3.05, 3.63) is 54.6 Å². The number of aromatic nitrogens is 2. The van der Waals surface area contributed by atoms with Crippen LogP contribution in [0.4, 0.5) is 11.5 Å². The molecule has 134 valence electrons. The number of para-hydroxylation sites is 2. The molecule has 2 aromatic carbocycles. The number of anilines is 2. The van der Waals surface area contributed by atoms with Gasteiger partial charge in [-0.3, -0.25) is 4.79 Å². The number of rotatable bonds is 7. The molecule has 1 aromatic heterocycles. The number of nitrogens with zero attached hydrogens (tertiary/aromatic N) is 2. The Labute approximate surface area is 157 Å². The molecule has 0 unspecified atom stereocenters. The van der Waals surface area contributed by atoms with Crippen LogP contribution in [-0.2, 0) is 4.79 Å². The SMILES string of the molecule is CCCNC(=O)[C@H](C)Sc1nc(Nc2ccccc2)c2ccccc2n1. The lowest BCUT2D eigenvalue weighted by Gasteiger charge is -2.13. The van der Waals surface area contributed by atoms with E-state index in [1.165, 1.54) is 11.8 Å². The largest absolute Gasteiger partial charge is 0.355 e. The van der Waals surface area contributed by atoms with Gasteiger partial charge in [-0.2, -0.15) is 0 Å². The highest BCUT2D eigenvalue weighted by Gasteiger charge is 2.17. The molecule has 0 saturated carbocycles. The number of amides is 1. The van der Waals surface area contributed by atoms with Crippen LogP contribution in [-0.4, -0.2) is 27.7 Å². The monoisotopic (exact) mass is 366 g/mol. The summed E-state index contributed by atoms with van der Waals surface area (Å²) in [7, 11) is 0. The Morgan fingerprint density at radius 3 is 2.58 bits per heavy atom. The van der Waals surface area contributed by atoms with Crippen LogP contribution in [0.2, 0.25) is 0 Å². The molecule has 0 spiro atoms. The highest BCUT2D eigenvalue weighted by molar-refractivity contribution is 8.00. The van der Waals surface area contributed by atoms with E-state index in [2.05, 4.69) is 20.6 Å². The van der Waals surface area contributed by atoms with Crippen LogP contribution in [0.15, 0.2) is 59.8 Å². The van der Waals surface area contributed by atoms with Crippen LogP contribution in [0.1, 0.15) is 20.3 Å². The Hall–Kier alpha value is -2.60. The lowest BCUT2D eigenvalue weighted by Crippen LogP contribution is -2.31. The van der Waals surface area contributed by atoms with E-state index in [1.807, 2.05) is 68.4 Å². The first-order valence-electron chi connectivity index (χ1n) is 8.70. The van der Waals surface area contributed by atoms with E-state index in [-0.39, 0.29) is 11.2 Å². The molecule has 0 saturated heterocycles. The fourth-order valence-electron chi connectivity index (χ4n) is 2.47.